The molecule has 1 amide bonds. The standard InChI is InChI=1S/C18H20F2N6O3/c19-18(20)28-13-6-5-9(7-14(13)29-18)24-16-10(15(22)27)8-23-17(26-16)25-12-4-2-1-3-11(12)21/h5-8,11-12H,1-4,21H2,(H2,22,27)(H2,23,24,25,26)/t11-,12+/m0/s1. The zero-order chi connectivity index (χ0) is 20.6. The van der Waals surface area contributed by atoms with Crippen LogP contribution in [0.5, 0.6) is 11.5 Å². The third-order valence-electron chi connectivity index (χ3n) is 4.85. The number of nitrogens with zero attached hydrogens (tertiary/aromatic N) is 2. The molecule has 0 bridgehead atoms. The smallest absolute Gasteiger partial charge is 0.395 e. The number of anilines is 3. The van der Waals surface area contributed by atoms with Crippen molar-refractivity contribution in [2.45, 2.75) is 44.1 Å². The topological polar surface area (TPSA) is 137 Å². The molecule has 1 aromatic carbocycles. The fourth-order valence-corrected chi connectivity index (χ4v) is 3.40. The summed E-state index contributed by atoms with van der Waals surface area (Å²) in [5, 5.41) is 6.09. The number of fused-ring (bicyclic) bond motifs is 1. The van der Waals surface area contributed by atoms with Gasteiger partial charge >= 0.3 is 6.29 Å². The number of aromatic nitrogens is 2. The molecule has 0 spiro atoms. The fourth-order valence-electron chi connectivity index (χ4n) is 3.40. The molecule has 1 aliphatic carbocycles. The minimum atomic E-state index is -3.72. The molecule has 2 heterocycles. The number of nitrogens with one attached hydrogen (secondary N) is 2. The van der Waals surface area contributed by atoms with Crippen LogP contribution in [-0.4, -0.2) is 34.3 Å². The van der Waals surface area contributed by atoms with Gasteiger partial charge in [-0.1, -0.05) is 12.8 Å². The molecule has 0 saturated heterocycles. The molecule has 11 heteroatoms. The summed E-state index contributed by atoms with van der Waals surface area (Å²) >= 11 is 0. The Morgan fingerprint density at radius 1 is 1.21 bits per heavy atom. The lowest BCUT2D eigenvalue weighted by Crippen LogP contribution is -2.43. The monoisotopic (exact) mass is 406 g/mol. The third kappa shape index (κ3) is 4.14. The van der Waals surface area contributed by atoms with Crippen molar-refractivity contribution >= 4 is 23.4 Å². The van der Waals surface area contributed by atoms with E-state index in [-0.39, 0.29) is 40.9 Å². The lowest BCUT2D eigenvalue weighted by molar-refractivity contribution is -0.286. The normalized spacial score (nSPS) is 22.2. The highest BCUT2D eigenvalue weighted by molar-refractivity contribution is 5.98. The van der Waals surface area contributed by atoms with Crippen molar-refractivity contribution in [3.05, 3.63) is 30.0 Å². The molecule has 29 heavy (non-hydrogen) atoms. The molecule has 4 rings (SSSR count). The van der Waals surface area contributed by atoms with Crippen LogP contribution in [0.25, 0.3) is 0 Å². The molecule has 1 saturated carbocycles. The Bertz CT molecular complexity index is 942. The Morgan fingerprint density at radius 3 is 2.72 bits per heavy atom. The average Bonchev–Trinajstić information content (AvgIpc) is 2.97. The number of amides is 1. The number of nitrogens with two attached hydrogens (primary N) is 2. The molecule has 2 atom stereocenters. The van der Waals surface area contributed by atoms with Crippen LogP contribution in [0.1, 0.15) is 36.0 Å². The molecule has 1 aliphatic heterocycles. The Hall–Kier alpha value is -3.21. The first-order chi connectivity index (χ1) is 13.8. The van der Waals surface area contributed by atoms with E-state index in [1.807, 2.05) is 0 Å². The van der Waals surface area contributed by atoms with Gasteiger partial charge in [-0.05, 0) is 25.0 Å². The van der Waals surface area contributed by atoms with Crippen LogP contribution in [-0.2, 0) is 0 Å². The van der Waals surface area contributed by atoms with E-state index in [4.69, 9.17) is 11.5 Å². The van der Waals surface area contributed by atoms with Crippen LogP contribution in [0.4, 0.5) is 26.2 Å². The zero-order valence-electron chi connectivity index (χ0n) is 15.3. The van der Waals surface area contributed by atoms with Crippen LogP contribution >= 0.6 is 0 Å². The molecular weight excluding hydrogens is 386 g/mol. The zero-order valence-corrected chi connectivity index (χ0v) is 15.3. The molecule has 0 radical (unpaired) electrons. The number of alkyl halides is 2. The highest BCUT2D eigenvalue weighted by Crippen LogP contribution is 2.42. The van der Waals surface area contributed by atoms with Crippen LogP contribution in [0.2, 0.25) is 0 Å². The van der Waals surface area contributed by atoms with Gasteiger partial charge in [0, 0.05) is 30.0 Å². The summed E-state index contributed by atoms with van der Waals surface area (Å²) in [6.07, 6.45) is 1.51. The summed E-state index contributed by atoms with van der Waals surface area (Å²) in [7, 11) is 0. The molecule has 2 aliphatic rings. The molecule has 1 fully saturated rings. The number of halogens is 2. The summed E-state index contributed by atoms with van der Waals surface area (Å²) in [4.78, 5) is 20.2. The van der Waals surface area contributed by atoms with Gasteiger partial charge in [-0.25, -0.2) is 4.98 Å². The second-order valence-electron chi connectivity index (χ2n) is 6.97. The van der Waals surface area contributed by atoms with Crippen molar-refractivity contribution in [1.29, 1.82) is 0 Å². The van der Waals surface area contributed by atoms with Crippen molar-refractivity contribution in [1.82, 2.24) is 9.97 Å². The Morgan fingerprint density at radius 2 is 1.97 bits per heavy atom. The van der Waals surface area contributed by atoms with Gasteiger partial charge in [-0.15, -0.1) is 8.78 Å². The molecule has 1 aromatic heterocycles. The van der Waals surface area contributed by atoms with E-state index >= 15 is 0 Å². The van der Waals surface area contributed by atoms with E-state index in [1.54, 1.807) is 0 Å². The van der Waals surface area contributed by atoms with E-state index in [2.05, 4.69) is 30.1 Å². The van der Waals surface area contributed by atoms with Crippen molar-refractivity contribution in [3.63, 3.8) is 0 Å². The van der Waals surface area contributed by atoms with Crippen LogP contribution in [0, 0.1) is 0 Å². The van der Waals surface area contributed by atoms with Gasteiger partial charge in [-0.2, -0.15) is 4.98 Å². The van der Waals surface area contributed by atoms with Gasteiger partial charge in [-0.3, -0.25) is 4.79 Å². The van der Waals surface area contributed by atoms with Gasteiger partial charge in [0.25, 0.3) is 5.91 Å². The highest BCUT2D eigenvalue weighted by atomic mass is 19.3. The van der Waals surface area contributed by atoms with E-state index in [0.717, 1.165) is 25.7 Å². The van der Waals surface area contributed by atoms with Crippen molar-refractivity contribution in [2.24, 2.45) is 11.5 Å². The largest absolute Gasteiger partial charge is 0.586 e. The van der Waals surface area contributed by atoms with E-state index in [1.165, 1.54) is 24.4 Å². The summed E-state index contributed by atoms with van der Waals surface area (Å²) in [5.74, 6) is -0.550. The number of benzene rings is 1. The fraction of sp³-hybridized carbons (Fsp3) is 0.389. The maximum Gasteiger partial charge on any atom is 0.586 e. The molecule has 9 nitrogen and oxygen atoms in total. The second kappa shape index (κ2) is 7.32. The number of rotatable bonds is 5. The lowest BCUT2D eigenvalue weighted by atomic mass is 9.91. The van der Waals surface area contributed by atoms with Crippen molar-refractivity contribution in [3.8, 4) is 11.5 Å². The Labute approximate surface area is 164 Å². The Balaban J connectivity index is 1.58. The maximum absolute atomic E-state index is 13.2. The summed E-state index contributed by atoms with van der Waals surface area (Å²) < 4.78 is 35.2. The first kappa shape index (κ1) is 19.1. The summed E-state index contributed by atoms with van der Waals surface area (Å²) in [6.45, 7) is 0. The highest BCUT2D eigenvalue weighted by Gasteiger charge is 2.43. The maximum atomic E-state index is 13.2. The quantitative estimate of drug-likeness (QED) is 0.594. The van der Waals surface area contributed by atoms with Crippen LogP contribution in [0.15, 0.2) is 24.4 Å². The molecule has 2 aromatic rings. The summed E-state index contributed by atoms with van der Waals surface area (Å²) in [6, 6.07) is 4.12. The van der Waals surface area contributed by atoms with Crippen LogP contribution < -0.4 is 31.6 Å². The van der Waals surface area contributed by atoms with Crippen molar-refractivity contribution in [2.75, 3.05) is 10.6 Å². The predicted molar refractivity (Wildman–Crippen MR) is 100 cm³/mol. The van der Waals surface area contributed by atoms with Gasteiger partial charge in [0.15, 0.2) is 11.5 Å². The van der Waals surface area contributed by atoms with E-state index in [9.17, 15) is 13.6 Å². The van der Waals surface area contributed by atoms with Gasteiger partial charge in [0.2, 0.25) is 5.95 Å². The number of hydrogen-bond donors (Lipinski definition) is 4. The minimum Gasteiger partial charge on any atom is -0.395 e. The number of carbonyl (C=O) groups is 1. The molecule has 154 valence electrons. The van der Waals surface area contributed by atoms with E-state index < -0.39 is 12.2 Å². The van der Waals surface area contributed by atoms with Gasteiger partial charge < -0.3 is 31.6 Å². The molecule has 6 N–H and O–H groups in total. The number of primary amides is 1. The van der Waals surface area contributed by atoms with Gasteiger partial charge in [0.05, 0.1) is 0 Å². The number of carbonyl (C=O) groups excluding carboxylic acids is 1. The van der Waals surface area contributed by atoms with Gasteiger partial charge in [0.1, 0.15) is 11.4 Å². The third-order valence-corrected chi connectivity index (χ3v) is 4.85. The summed E-state index contributed by atoms with van der Waals surface area (Å²) in [5.41, 5.74) is 12.0. The van der Waals surface area contributed by atoms with Crippen molar-refractivity contribution < 1.29 is 23.0 Å². The predicted octanol–water partition coefficient (Wildman–Crippen LogP) is 2.32. The minimum absolute atomic E-state index is 0.0174. The Kier molecular flexibility index (Phi) is 4.82. The second-order valence-corrected chi connectivity index (χ2v) is 6.97. The number of ether oxygens (including phenoxy) is 2. The molecular formula is C18H20F2N6O3. The SMILES string of the molecule is NC(=O)c1cnc(N[C@@H]2CCCC[C@@H]2N)nc1Nc1ccc2c(c1)OC(F)(F)O2. The first-order valence-electron chi connectivity index (χ1n) is 9.16. The first-order valence-corrected chi connectivity index (χ1v) is 9.16. The number of hydrogen-bond acceptors (Lipinski definition) is 8. The average molecular weight is 406 g/mol. The molecule has 0 unspecified atom stereocenters. The van der Waals surface area contributed by atoms with Crippen LogP contribution in [0.3, 0.4) is 0 Å². The lowest BCUT2D eigenvalue weighted by Gasteiger charge is -2.29. The van der Waals surface area contributed by atoms with E-state index in [0.29, 0.717) is 5.69 Å².